The van der Waals surface area contributed by atoms with Gasteiger partial charge < -0.3 is 5.73 Å². The third kappa shape index (κ3) is 3.15. The maximum Gasteiger partial charge on any atom is 0.296 e. The number of hydrogen-bond acceptors (Lipinski definition) is 5. The zero-order valence-corrected chi connectivity index (χ0v) is 10.6. The van der Waals surface area contributed by atoms with Gasteiger partial charge in [0.05, 0.1) is 5.69 Å². The van der Waals surface area contributed by atoms with Gasteiger partial charge in [-0.2, -0.15) is 8.42 Å². The van der Waals surface area contributed by atoms with E-state index >= 15 is 0 Å². The maximum absolute atomic E-state index is 11.2. The molecule has 0 atom stereocenters. The average Bonchev–Trinajstić information content (AvgIpc) is 2.37. The van der Waals surface area contributed by atoms with Crippen LogP contribution in [0.4, 0.5) is 17.1 Å². The van der Waals surface area contributed by atoms with E-state index in [1.54, 1.807) is 30.3 Å². The number of benzene rings is 2. The first-order chi connectivity index (χ1) is 8.98. The first-order valence-electron chi connectivity index (χ1n) is 5.31. The number of rotatable bonds is 3. The minimum Gasteiger partial charge on any atom is -0.397 e. The molecule has 98 valence electrons. The molecule has 7 heteroatoms. The largest absolute Gasteiger partial charge is 0.397 e. The van der Waals surface area contributed by atoms with Crippen molar-refractivity contribution in [2.24, 2.45) is 10.2 Å². The van der Waals surface area contributed by atoms with Crippen molar-refractivity contribution in [1.82, 2.24) is 0 Å². The summed E-state index contributed by atoms with van der Waals surface area (Å²) in [7, 11) is -4.33. The van der Waals surface area contributed by atoms with Crippen molar-refractivity contribution in [2.45, 2.75) is 4.90 Å². The van der Waals surface area contributed by atoms with E-state index < -0.39 is 10.1 Å². The van der Waals surface area contributed by atoms with Crippen LogP contribution in [-0.4, -0.2) is 13.0 Å². The van der Waals surface area contributed by atoms with Gasteiger partial charge in [0, 0.05) is 0 Å². The van der Waals surface area contributed by atoms with Crippen LogP contribution in [0.2, 0.25) is 0 Å². The Morgan fingerprint density at radius 1 is 0.895 bits per heavy atom. The molecule has 0 saturated heterocycles. The zero-order chi connectivity index (χ0) is 13.9. The van der Waals surface area contributed by atoms with Gasteiger partial charge in [-0.25, -0.2) is 0 Å². The fraction of sp³-hybridized carbons (Fsp3) is 0. The fourth-order valence-corrected chi connectivity index (χ4v) is 2.07. The summed E-state index contributed by atoms with van der Waals surface area (Å²) in [6.07, 6.45) is 0. The van der Waals surface area contributed by atoms with Gasteiger partial charge in [-0.05, 0) is 24.3 Å². The van der Waals surface area contributed by atoms with Crippen molar-refractivity contribution < 1.29 is 13.0 Å². The number of anilines is 1. The van der Waals surface area contributed by atoms with E-state index in [-0.39, 0.29) is 10.6 Å². The molecule has 0 saturated carbocycles. The summed E-state index contributed by atoms with van der Waals surface area (Å²) in [6.45, 7) is 0. The number of nitrogen functional groups attached to an aromatic ring is 1. The first-order valence-corrected chi connectivity index (χ1v) is 6.75. The second-order valence-corrected chi connectivity index (χ2v) is 5.09. The van der Waals surface area contributed by atoms with E-state index in [1.807, 2.05) is 0 Å². The smallest absolute Gasteiger partial charge is 0.296 e. The molecule has 3 N–H and O–H groups in total. The van der Waals surface area contributed by atoms with E-state index in [0.29, 0.717) is 11.4 Å². The molecule has 6 nitrogen and oxygen atoms in total. The molecule has 2 rings (SSSR count). The SMILES string of the molecule is Nc1ccccc1N=Nc1ccccc1S(=O)(=O)O. The Balaban J connectivity index is 2.43. The van der Waals surface area contributed by atoms with E-state index in [1.165, 1.54) is 18.2 Å². The van der Waals surface area contributed by atoms with Gasteiger partial charge in [-0.15, -0.1) is 10.2 Å². The van der Waals surface area contributed by atoms with Gasteiger partial charge in [0.25, 0.3) is 10.1 Å². The Morgan fingerprint density at radius 3 is 2.05 bits per heavy atom. The van der Waals surface area contributed by atoms with Gasteiger partial charge in [0.15, 0.2) is 0 Å². The Labute approximate surface area is 110 Å². The van der Waals surface area contributed by atoms with Crippen molar-refractivity contribution in [3.8, 4) is 0 Å². The normalized spacial score (nSPS) is 11.8. The van der Waals surface area contributed by atoms with Crippen molar-refractivity contribution >= 4 is 27.2 Å². The quantitative estimate of drug-likeness (QED) is 0.511. The lowest BCUT2D eigenvalue weighted by Crippen LogP contribution is -1.97. The van der Waals surface area contributed by atoms with Crippen LogP contribution >= 0.6 is 0 Å². The van der Waals surface area contributed by atoms with Crippen LogP contribution in [0.3, 0.4) is 0 Å². The summed E-state index contributed by atoms with van der Waals surface area (Å²) in [4.78, 5) is -0.298. The predicted octanol–water partition coefficient (Wildman–Crippen LogP) is 2.93. The molecule has 0 spiro atoms. The molecule has 2 aromatic rings. The average molecular weight is 277 g/mol. The molecule has 0 radical (unpaired) electrons. The topological polar surface area (TPSA) is 105 Å². The number of para-hydroxylation sites is 1. The Bertz CT molecular complexity index is 727. The van der Waals surface area contributed by atoms with Crippen molar-refractivity contribution in [3.63, 3.8) is 0 Å². The fourth-order valence-electron chi connectivity index (χ4n) is 1.44. The van der Waals surface area contributed by atoms with Gasteiger partial charge >= 0.3 is 0 Å². The monoisotopic (exact) mass is 277 g/mol. The summed E-state index contributed by atoms with van der Waals surface area (Å²) in [5, 5.41) is 7.68. The van der Waals surface area contributed by atoms with Gasteiger partial charge in [0.2, 0.25) is 0 Å². The van der Waals surface area contributed by atoms with Crippen LogP contribution in [-0.2, 0) is 10.1 Å². The summed E-state index contributed by atoms with van der Waals surface area (Å²) >= 11 is 0. The van der Waals surface area contributed by atoms with Crippen LogP contribution < -0.4 is 5.73 Å². The van der Waals surface area contributed by atoms with Crippen LogP contribution in [0.5, 0.6) is 0 Å². The molecule has 0 unspecified atom stereocenters. The standard InChI is InChI=1S/C12H11N3O3S/c13-9-5-1-2-6-10(9)14-15-11-7-3-4-8-12(11)19(16,17)18/h1-8H,13H2,(H,16,17,18). The van der Waals surface area contributed by atoms with Gasteiger partial charge in [0.1, 0.15) is 16.3 Å². The molecule has 0 aliphatic carbocycles. The zero-order valence-electron chi connectivity index (χ0n) is 9.76. The summed E-state index contributed by atoms with van der Waals surface area (Å²) < 4.78 is 31.4. The van der Waals surface area contributed by atoms with E-state index in [0.717, 1.165) is 0 Å². The molecular weight excluding hydrogens is 266 g/mol. The molecule has 0 aromatic heterocycles. The molecule has 19 heavy (non-hydrogen) atoms. The van der Waals surface area contributed by atoms with Crippen LogP contribution in [0.25, 0.3) is 0 Å². The molecule has 0 amide bonds. The van der Waals surface area contributed by atoms with Crippen LogP contribution in [0.1, 0.15) is 0 Å². The second-order valence-electron chi connectivity index (χ2n) is 3.70. The first kappa shape index (κ1) is 13.2. The minimum atomic E-state index is -4.33. The molecule has 0 aliphatic heterocycles. The lowest BCUT2D eigenvalue weighted by molar-refractivity contribution is 0.483. The molecule has 2 aromatic carbocycles. The maximum atomic E-state index is 11.2. The predicted molar refractivity (Wildman–Crippen MR) is 71.3 cm³/mol. The number of hydrogen-bond donors (Lipinski definition) is 2. The van der Waals surface area contributed by atoms with Crippen molar-refractivity contribution in [2.75, 3.05) is 5.73 Å². The summed E-state index contributed by atoms with van der Waals surface area (Å²) in [5.74, 6) is 0. The summed E-state index contributed by atoms with van der Waals surface area (Å²) in [5.41, 5.74) is 6.59. The van der Waals surface area contributed by atoms with Crippen molar-refractivity contribution in [1.29, 1.82) is 0 Å². The minimum absolute atomic E-state index is 0.0493. The number of nitrogens with zero attached hydrogens (tertiary/aromatic N) is 2. The lowest BCUT2D eigenvalue weighted by atomic mass is 10.3. The Hall–Kier alpha value is -2.25. The highest BCUT2D eigenvalue weighted by molar-refractivity contribution is 7.86. The van der Waals surface area contributed by atoms with Gasteiger partial charge in [-0.1, -0.05) is 24.3 Å². The Kier molecular flexibility index (Phi) is 3.59. The molecule has 0 fully saturated rings. The molecule has 0 aliphatic rings. The second kappa shape index (κ2) is 5.17. The van der Waals surface area contributed by atoms with Crippen LogP contribution in [0.15, 0.2) is 63.7 Å². The third-order valence-corrected chi connectivity index (χ3v) is 3.25. The number of nitrogens with two attached hydrogens (primary N) is 1. The summed E-state index contributed by atoms with van der Waals surface area (Å²) in [6, 6.07) is 12.6. The molecule has 0 heterocycles. The van der Waals surface area contributed by atoms with Gasteiger partial charge in [-0.3, -0.25) is 4.55 Å². The third-order valence-electron chi connectivity index (χ3n) is 2.35. The van der Waals surface area contributed by atoms with E-state index in [2.05, 4.69) is 10.2 Å². The highest BCUT2D eigenvalue weighted by Gasteiger charge is 2.14. The highest BCUT2D eigenvalue weighted by atomic mass is 32.2. The molecular formula is C12H11N3O3S. The highest BCUT2D eigenvalue weighted by Crippen LogP contribution is 2.27. The molecule has 0 bridgehead atoms. The number of azo groups is 1. The van der Waals surface area contributed by atoms with Crippen molar-refractivity contribution in [3.05, 3.63) is 48.5 Å². The lowest BCUT2D eigenvalue weighted by Gasteiger charge is -2.01. The van der Waals surface area contributed by atoms with E-state index in [4.69, 9.17) is 10.3 Å². The van der Waals surface area contributed by atoms with E-state index in [9.17, 15) is 8.42 Å². The van der Waals surface area contributed by atoms with Crippen LogP contribution in [0, 0.1) is 0 Å². The Morgan fingerprint density at radius 2 is 1.42 bits per heavy atom.